The minimum Gasteiger partial charge on any atom is -0.393 e. The molecule has 0 aliphatic heterocycles. The lowest BCUT2D eigenvalue weighted by Gasteiger charge is -2.44. The summed E-state index contributed by atoms with van der Waals surface area (Å²) >= 11 is 0. The topological polar surface area (TPSA) is 58.9 Å². The van der Waals surface area contributed by atoms with Crippen molar-refractivity contribution in [1.29, 1.82) is 0 Å². The summed E-state index contributed by atoms with van der Waals surface area (Å²) in [6.07, 6.45) is 12.6. The van der Waals surface area contributed by atoms with Crippen LogP contribution in [0.1, 0.15) is 99.3 Å². The van der Waals surface area contributed by atoms with Gasteiger partial charge in [0.15, 0.2) is 6.29 Å². The average Bonchev–Trinajstić information content (AvgIpc) is 3.08. The highest BCUT2D eigenvalue weighted by atomic mass is 16.7. The van der Waals surface area contributed by atoms with Gasteiger partial charge in [-0.25, -0.2) is 0 Å². The molecule has 1 unspecified atom stereocenters. The highest BCUT2D eigenvalue weighted by Crippen LogP contribution is 2.59. The number of hydrogen-bond acceptors (Lipinski definition) is 4. The van der Waals surface area contributed by atoms with Gasteiger partial charge in [-0.2, -0.15) is 0 Å². The molecular formula is C30H48O4. The van der Waals surface area contributed by atoms with E-state index in [1.165, 1.54) is 37.7 Å². The van der Waals surface area contributed by atoms with Crippen LogP contribution in [-0.4, -0.2) is 40.9 Å². The molecular weight excluding hydrogens is 424 g/mol. The molecule has 0 saturated heterocycles. The third-order valence-corrected chi connectivity index (χ3v) is 8.47. The van der Waals surface area contributed by atoms with Gasteiger partial charge in [0.1, 0.15) is 5.60 Å². The van der Waals surface area contributed by atoms with Crippen LogP contribution >= 0.6 is 0 Å². The Bertz CT molecular complexity index is 788. The molecule has 2 N–H and O–H groups in total. The largest absolute Gasteiger partial charge is 0.393 e. The van der Waals surface area contributed by atoms with Gasteiger partial charge in [0, 0.05) is 13.0 Å². The van der Waals surface area contributed by atoms with Crippen LogP contribution in [0.3, 0.4) is 0 Å². The zero-order valence-electron chi connectivity index (χ0n) is 22.4. The van der Waals surface area contributed by atoms with Crippen molar-refractivity contribution in [2.24, 2.45) is 23.2 Å². The third-order valence-electron chi connectivity index (χ3n) is 8.47. The molecule has 0 bridgehead atoms. The number of hydrogen-bond donors (Lipinski definition) is 2. The Balaban J connectivity index is 1.64. The number of fused-ring (bicyclic) bond motifs is 1. The second-order valence-corrected chi connectivity index (χ2v) is 11.7. The maximum Gasteiger partial charge on any atom is 0.156 e. The molecule has 4 heteroatoms. The van der Waals surface area contributed by atoms with Crippen molar-refractivity contribution in [3.05, 3.63) is 23.3 Å². The molecule has 0 spiro atoms. The number of rotatable bonds is 7. The Labute approximate surface area is 208 Å². The smallest absolute Gasteiger partial charge is 0.156 e. The molecule has 0 aromatic rings. The summed E-state index contributed by atoms with van der Waals surface area (Å²) in [7, 11) is 0. The fraction of sp³-hybridized carbons (Fsp3) is 0.800. The zero-order valence-corrected chi connectivity index (χ0v) is 22.4. The fourth-order valence-corrected chi connectivity index (χ4v) is 7.02. The van der Waals surface area contributed by atoms with E-state index in [2.05, 4.69) is 37.8 Å². The van der Waals surface area contributed by atoms with Gasteiger partial charge in [-0.05, 0) is 102 Å². The van der Waals surface area contributed by atoms with Crippen LogP contribution in [0.4, 0.5) is 0 Å². The summed E-state index contributed by atoms with van der Waals surface area (Å²) in [5.74, 6) is 8.69. The predicted molar refractivity (Wildman–Crippen MR) is 138 cm³/mol. The predicted octanol–water partition coefficient (Wildman–Crippen LogP) is 6.17. The Morgan fingerprint density at radius 2 is 1.85 bits per heavy atom. The van der Waals surface area contributed by atoms with Gasteiger partial charge in [-0.1, -0.05) is 49.0 Å². The number of aliphatic hydroxyl groups excluding tert-OH is 2. The highest BCUT2D eigenvalue weighted by Gasteiger charge is 2.50. The first-order valence-electron chi connectivity index (χ1n) is 13.6. The van der Waals surface area contributed by atoms with Crippen molar-refractivity contribution in [2.45, 2.75) is 123 Å². The van der Waals surface area contributed by atoms with Gasteiger partial charge in [0.2, 0.25) is 0 Å². The van der Waals surface area contributed by atoms with E-state index in [4.69, 9.17) is 9.47 Å². The maximum atomic E-state index is 10.0. The number of ether oxygens (including phenoxy) is 2. The summed E-state index contributed by atoms with van der Waals surface area (Å²) in [6, 6.07) is 0. The lowest BCUT2D eigenvalue weighted by atomic mass is 9.61. The number of aliphatic hydroxyl groups is 2. The molecule has 34 heavy (non-hydrogen) atoms. The van der Waals surface area contributed by atoms with E-state index in [-0.39, 0.29) is 6.29 Å². The van der Waals surface area contributed by atoms with E-state index in [0.717, 1.165) is 6.42 Å². The van der Waals surface area contributed by atoms with Crippen molar-refractivity contribution in [3.63, 3.8) is 0 Å². The third kappa shape index (κ3) is 6.97. The first-order valence-corrected chi connectivity index (χ1v) is 13.6. The summed E-state index contributed by atoms with van der Waals surface area (Å²) in [6.45, 7) is 13.5. The van der Waals surface area contributed by atoms with Gasteiger partial charge in [0.05, 0.1) is 12.2 Å². The fourth-order valence-electron chi connectivity index (χ4n) is 7.02. The Morgan fingerprint density at radius 3 is 2.53 bits per heavy atom. The van der Waals surface area contributed by atoms with E-state index in [1.807, 2.05) is 27.7 Å². The van der Waals surface area contributed by atoms with Crippen LogP contribution in [0.5, 0.6) is 0 Å². The van der Waals surface area contributed by atoms with E-state index >= 15 is 0 Å². The van der Waals surface area contributed by atoms with Gasteiger partial charge in [-0.15, -0.1) is 0 Å². The normalized spacial score (nSPS) is 34.8. The second-order valence-electron chi connectivity index (χ2n) is 11.7. The molecule has 7 atom stereocenters. The van der Waals surface area contributed by atoms with Crippen molar-refractivity contribution < 1.29 is 19.7 Å². The van der Waals surface area contributed by atoms with Crippen molar-refractivity contribution in [2.75, 3.05) is 6.61 Å². The molecule has 0 aromatic heterocycles. The Kier molecular flexibility index (Phi) is 9.49. The van der Waals surface area contributed by atoms with Crippen LogP contribution in [0.2, 0.25) is 0 Å². The quantitative estimate of drug-likeness (QED) is 0.344. The second kappa shape index (κ2) is 11.7. The molecule has 4 nitrogen and oxygen atoms in total. The van der Waals surface area contributed by atoms with Crippen molar-refractivity contribution >= 4 is 0 Å². The van der Waals surface area contributed by atoms with Gasteiger partial charge < -0.3 is 19.7 Å². The van der Waals surface area contributed by atoms with Crippen LogP contribution in [0, 0.1) is 35.0 Å². The van der Waals surface area contributed by atoms with E-state index < -0.39 is 17.8 Å². The zero-order chi connectivity index (χ0) is 24.9. The van der Waals surface area contributed by atoms with Crippen molar-refractivity contribution in [1.82, 2.24) is 0 Å². The lowest BCUT2D eigenvalue weighted by Crippen LogP contribution is -2.36. The molecule has 3 rings (SSSR count). The molecule has 3 aliphatic carbocycles. The first kappa shape index (κ1) is 27.5. The minimum atomic E-state index is -0.509. The first-order chi connectivity index (χ1) is 16.0. The molecule has 3 fully saturated rings. The van der Waals surface area contributed by atoms with Crippen LogP contribution < -0.4 is 0 Å². The average molecular weight is 473 g/mol. The summed E-state index contributed by atoms with van der Waals surface area (Å²) in [5.41, 5.74) is 2.60. The highest BCUT2D eigenvalue weighted by molar-refractivity contribution is 5.26. The van der Waals surface area contributed by atoms with Crippen LogP contribution in [-0.2, 0) is 9.47 Å². The molecule has 0 radical (unpaired) electrons. The van der Waals surface area contributed by atoms with E-state index in [9.17, 15) is 10.2 Å². The van der Waals surface area contributed by atoms with E-state index in [0.29, 0.717) is 49.0 Å². The van der Waals surface area contributed by atoms with Crippen LogP contribution in [0.15, 0.2) is 23.3 Å². The number of allylic oxidation sites excluding steroid dienone is 3. The molecule has 3 saturated carbocycles. The van der Waals surface area contributed by atoms with Crippen LogP contribution in [0.25, 0.3) is 0 Å². The Morgan fingerprint density at radius 1 is 1.15 bits per heavy atom. The lowest BCUT2D eigenvalue weighted by molar-refractivity contribution is -0.169. The Hall–Kier alpha value is -1.12. The molecule has 0 amide bonds. The standard InChI is InChI=1S/C30H48O4/c1-7-33-22(3)34-29(4,5)16-8-10-21(2)27-14-15-28-24(11-9-17-30(27,28)6)13-12-23-18-25(31)20-26(32)19-23/h12-13,21-22,25-28,31-32H,7,9-11,14-15,17-20H2,1-6H3/b24-13-/t21-,22?,25-,26-,27-,28-,30-/m1/s1. The summed E-state index contributed by atoms with van der Waals surface area (Å²) in [4.78, 5) is 0. The molecule has 0 heterocycles. The molecule has 3 aliphatic rings. The van der Waals surface area contributed by atoms with Crippen molar-refractivity contribution in [3.8, 4) is 11.8 Å². The van der Waals surface area contributed by atoms with Gasteiger partial charge in [0.25, 0.3) is 0 Å². The molecule has 192 valence electrons. The summed E-state index contributed by atoms with van der Waals surface area (Å²) < 4.78 is 11.5. The van der Waals surface area contributed by atoms with Gasteiger partial charge in [-0.3, -0.25) is 0 Å². The monoisotopic (exact) mass is 472 g/mol. The maximum absolute atomic E-state index is 10.0. The van der Waals surface area contributed by atoms with E-state index in [1.54, 1.807) is 5.57 Å². The SMILES string of the molecule is CCOC(C)OC(C)(C)C#CC[C@@H](C)[C@H]1CC[C@@H]2/C(=C\C=C3C[C@@H](O)C[C@H](O)C3)CCC[C@@]21C. The van der Waals surface area contributed by atoms with Gasteiger partial charge >= 0.3 is 0 Å². The molecule has 0 aromatic carbocycles. The summed E-state index contributed by atoms with van der Waals surface area (Å²) in [5, 5.41) is 20.0. The minimum absolute atomic E-state index is 0.247.